The number of carbonyl (C=O) groups is 1. The average Bonchev–Trinajstić information content (AvgIpc) is 2.40. The minimum absolute atomic E-state index is 0.0163. The number of nitrogens with one attached hydrogen (secondary N) is 1. The second kappa shape index (κ2) is 9.19. The van der Waals surface area contributed by atoms with Crippen molar-refractivity contribution in [3.8, 4) is 0 Å². The largest absolute Gasteiger partial charge is 0.395 e. The number of nitrogens with zero attached hydrogens (tertiary/aromatic N) is 1. The first kappa shape index (κ1) is 17.2. The Balaban J connectivity index is 2.32. The Morgan fingerprint density at radius 1 is 1.30 bits per heavy atom. The summed E-state index contributed by atoms with van der Waals surface area (Å²) in [5.41, 5.74) is 0. The molecule has 1 saturated carbocycles. The first-order valence-corrected chi connectivity index (χ1v) is 7.88. The molecule has 5 heteroatoms. The van der Waals surface area contributed by atoms with Crippen molar-refractivity contribution in [1.29, 1.82) is 0 Å². The van der Waals surface area contributed by atoms with Gasteiger partial charge in [-0.3, -0.25) is 0 Å². The monoisotopic (exact) mass is 286 g/mol. The molecule has 2 N–H and O–H groups in total. The van der Waals surface area contributed by atoms with Gasteiger partial charge in [0.15, 0.2) is 0 Å². The number of urea groups is 1. The molecule has 0 bridgehead atoms. The van der Waals surface area contributed by atoms with E-state index < -0.39 is 0 Å². The van der Waals surface area contributed by atoms with Gasteiger partial charge in [-0.05, 0) is 46.0 Å². The first-order valence-electron chi connectivity index (χ1n) is 7.88. The van der Waals surface area contributed by atoms with Gasteiger partial charge in [0.25, 0.3) is 0 Å². The highest BCUT2D eigenvalue weighted by Gasteiger charge is 2.24. The van der Waals surface area contributed by atoms with E-state index >= 15 is 0 Å². The lowest BCUT2D eigenvalue weighted by Gasteiger charge is -2.32. The number of aliphatic hydroxyl groups excluding tert-OH is 1. The van der Waals surface area contributed by atoms with E-state index in [1.807, 2.05) is 6.92 Å². The number of ether oxygens (including phenoxy) is 1. The lowest BCUT2D eigenvalue weighted by molar-refractivity contribution is -0.0158. The minimum Gasteiger partial charge on any atom is -0.395 e. The van der Waals surface area contributed by atoms with Crippen molar-refractivity contribution in [2.75, 3.05) is 19.7 Å². The van der Waals surface area contributed by atoms with Crippen molar-refractivity contribution in [3.05, 3.63) is 0 Å². The quantitative estimate of drug-likeness (QED) is 0.753. The lowest BCUT2D eigenvalue weighted by Crippen LogP contribution is -2.47. The molecule has 0 spiro atoms. The summed E-state index contributed by atoms with van der Waals surface area (Å²) in [7, 11) is 0. The normalized spacial score (nSPS) is 22.9. The number of rotatable bonds is 7. The van der Waals surface area contributed by atoms with Crippen LogP contribution in [0.3, 0.4) is 0 Å². The zero-order valence-electron chi connectivity index (χ0n) is 13.1. The van der Waals surface area contributed by atoms with Gasteiger partial charge in [-0.1, -0.05) is 6.92 Å². The molecule has 0 atom stereocenters. The highest BCUT2D eigenvalue weighted by atomic mass is 16.5. The van der Waals surface area contributed by atoms with E-state index in [0.29, 0.717) is 19.2 Å². The van der Waals surface area contributed by atoms with Gasteiger partial charge < -0.3 is 20.1 Å². The molecule has 0 radical (unpaired) electrons. The van der Waals surface area contributed by atoms with Gasteiger partial charge in [0.1, 0.15) is 0 Å². The Hall–Kier alpha value is -0.810. The minimum atomic E-state index is -0.0471. The van der Waals surface area contributed by atoms with E-state index in [-0.39, 0.29) is 24.8 Å². The van der Waals surface area contributed by atoms with Gasteiger partial charge in [-0.15, -0.1) is 0 Å². The Kier molecular flexibility index (Phi) is 7.92. The molecule has 1 aliphatic rings. The molecule has 0 unspecified atom stereocenters. The summed E-state index contributed by atoms with van der Waals surface area (Å²) in [4.78, 5) is 13.8. The van der Waals surface area contributed by atoms with Gasteiger partial charge in [0.2, 0.25) is 0 Å². The van der Waals surface area contributed by atoms with E-state index in [0.717, 1.165) is 32.1 Å². The maximum atomic E-state index is 12.1. The Morgan fingerprint density at radius 2 is 1.95 bits per heavy atom. The number of aliphatic hydroxyl groups is 1. The van der Waals surface area contributed by atoms with E-state index in [2.05, 4.69) is 19.2 Å². The fraction of sp³-hybridized carbons (Fsp3) is 0.933. The van der Waals surface area contributed by atoms with Crippen molar-refractivity contribution in [1.82, 2.24) is 10.2 Å². The summed E-state index contributed by atoms with van der Waals surface area (Å²) < 4.78 is 5.81. The Bertz CT molecular complexity index is 270. The van der Waals surface area contributed by atoms with Crippen LogP contribution in [0.2, 0.25) is 0 Å². The van der Waals surface area contributed by atoms with Gasteiger partial charge in [0, 0.05) is 19.1 Å². The maximum Gasteiger partial charge on any atom is 0.317 e. The summed E-state index contributed by atoms with van der Waals surface area (Å²) in [6.07, 6.45) is 5.49. The summed E-state index contributed by atoms with van der Waals surface area (Å²) in [5, 5.41) is 12.1. The predicted molar refractivity (Wildman–Crippen MR) is 79.7 cm³/mol. The highest BCUT2D eigenvalue weighted by molar-refractivity contribution is 5.74. The summed E-state index contributed by atoms with van der Waals surface area (Å²) in [6.45, 7) is 7.27. The van der Waals surface area contributed by atoms with Crippen LogP contribution in [0, 0.1) is 0 Å². The average molecular weight is 286 g/mol. The van der Waals surface area contributed by atoms with Gasteiger partial charge >= 0.3 is 6.03 Å². The number of hydrogen-bond donors (Lipinski definition) is 2. The molecule has 118 valence electrons. The molecule has 20 heavy (non-hydrogen) atoms. The fourth-order valence-electron chi connectivity index (χ4n) is 2.70. The van der Waals surface area contributed by atoms with Crippen LogP contribution in [0.25, 0.3) is 0 Å². The SMILES string of the molecule is CCCN(CCO)C(=O)NC1CCC(OC(C)C)CC1. The van der Waals surface area contributed by atoms with E-state index in [1.165, 1.54) is 0 Å². The number of carbonyl (C=O) groups excluding carboxylic acids is 1. The zero-order valence-corrected chi connectivity index (χ0v) is 13.1. The smallest absolute Gasteiger partial charge is 0.317 e. The molecule has 0 heterocycles. The van der Waals surface area contributed by atoms with Gasteiger partial charge in [-0.2, -0.15) is 0 Å². The Labute approximate surface area is 122 Å². The van der Waals surface area contributed by atoms with Crippen molar-refractivity contribution in [2.45, 2.75) is 71.1 Å². The van der Waals surface area contributed by atoms with Gasteiger partial charge in [-0.25, -0.2) is 4.79 Å². The third-order valence-corrected chi connectivity index (χ3v) is 3.62. The molecular formula is C15H30N2O3. The van der Waals surface area contributed by atoms with Crippen molar-refractivity contribution in [3.63, 3.8) is 0 Å². The van der Waals surface area contributed by atoms with Crippen molar-refractivity contribution in [2.24, 2.45) is 0 Å². The zero-order chi connectivity index (χ0) is 15.0. The highest BCUT2D eigenvalue weighted by Crippen LogP contribution is 2.22. The molecule has 2 amide bonds. The summed E-state index contributed by atoms with van der Waals surface area (Å²) >= 11 is 0. The molecule has 0 aromatic rings. The second-order valence-corrected chi connectivity index (χ2v) is 5.82. The van der Waals surface area contributed by atoms with Crippen molar-refractivity contribution >= 4 is 6.03 Å². The third-order valence-electron chi connectivity index (χ3n) is 3.62. The van der Waals surface area contributed by atoms with Crippen LogP contribution in [0.5, 0.6) is 0 Å². The van der Waals surface area contributed by atoms with Crippen LogP contribution in [-0.2, 0) is 4.74 Å². The molecule has 5 nitrogen and oxygen atoms in total. The lowest BCUT2D eigenvalue weighted by atomic mass is 9.93. The molecule has 0 aromatic carbocycles. The standard InChI is InChI=1S/C15H30N2O3/c1-4-9-17(10-11-18)15(19)16-13-5-7-14(8-6-13)20-12(2)3/h12-14,18H,4-11H2,1-3H3,(H,16,19). The molecule has 1 rings (SSSR count). The van der Waals surface area contributed by atoms with Crippen LogP contribution < -0.4 is 5.32 Å². The third kappa shape index (κ3) is 6.09. The first-order chi connectivity index (χ1) is 9.56. The molecule has 0 aliphatic heterocycles. The van der Waals surface area contributed by atoms with Crippen LogP contribution >= 0.6 is 0 Å². The maximum absolute atomic E-state index is 12.1. The number of hydrogen-bond acceptors (Lipinski definition) is 3. The van der Waals surface area contributed by atoms with Crippen LogP contribution in [0.1, 0.15) is 52.9 Å². The fourth-order valence-corrected chi connectivity index (χ4v) is 2.70. The topological polar surface area (TPSA) is 61.8 Å². The number of amides is 2. The molecule has 0 aromatic heterocycles. The molecule has 0 saturated heterocycles. The van der Waals surface area contributed by atoms with Crippen LogP contribution in [-0.4, -0.2) is 54.0 Å². The summed E-state index contributed by atoms with van der Waals surface area (Å²) in [6, 6.07) is 0.196. The molecule has 1 fully saturated rings. The van der Waals surface area contributed by atoms with E-state index in [9.17, 15) is 4.79 Å². The second-order valence-electron chi connectivity index (χ2n) is 5.82. The van der Waals surface area contributed by atoms with Crippen LogP contribution in [0.15, 0.2) is 0 Å². The predicted octanol–water partition coefficient (Wildman–Crippen LogP) is 2.14. The van der Waals surface area contributed by atoms with E-state index in [1.54, 1.807) is 4.90 Å². The molecule has 1 aliphatic carbocycles. The van der Waals surface area contributed by atoms with Crippen LogP contribution in [0.4, 0.5) is 4.79 Å². The summed E-state index contributed by atoms with van der Waals surface area (Å²) in [5.74, 6) is 0. The molecular weight excluding hydrogens is 256 g/mol. The van der Waals surface area contributed by atoms with E-state index in [4.69, 9.17) is 9.84 Å². The van der Waals surface area contributed by atoms with Gasteiger partial charge in [0.05, 0.1) is 18.8 Å². The Morgan fingerprint density at radius 3 is 2.45 bits per heavy atom. The van der Waals surface area contributed by atoms with Crippen molar-refractivity contribution < 1.29 is 14.6 Å².